The highest BCUT2D eigenvalue weighted by molar-refractivity contribution is 5.89. The fourth-order valence-corrected chi connectivity index (χ4v) is 4.20. The molecular weight excluding hydrogens is 453 g/mol. The molecule has 0 amide bonds. The molecule has 1 unspecified atom stereocenters. The summed E-state index contributed by atoms with van der Waals surface area (Å²) < 4.78 is 49.5. The molecule has 0 aliphatic carbocycles. The minimum absolute atomic E-state index is 0.341. The summed E-state index contributed by atoms with van der Waals surface area (Å²) in [5, 5.41) is 0. The number of alkyl halides is 3. The minimum atomic E-state index is -4.34. The quantitative estimate of drug-likeness (QED) is 0.291. The van der Waals surface area contributed by atoms with Gasteiger partial charge >= 0.3 is 12.1 Å². The van der Waals surface area contributed by atoms with Crippen molar-refractivity contribution < 1.29 is 27.4 Å². The van der Waals surface area contributed by atoms with E-state index in [0.717, 1.165) is 65.0 Å². The zero-order valence-electron chi connectivity index (χ0n) is 20.5. The number of esters is 1. The van der Waals surface area contributed by atoms with Gasteiger partial charge in [-0.1, -0.05) is 37.6 Å². The van der Waals surface area contributed by atoms with E-state index in [9.17, 15) is 18.0 Å². The van der Waals surface area contributed by atoms with Gasteiger partial charge in [0.05, 0.1) is 24.8 Å². The van der Waals surface area contributed by atoms with Crippen LogP contribution in [0.1, 0.15) is 52.4 Å². The third-order valence-electron chi connectivity index (χ3n) is 6.29. The van der Waals surface area contributed by atoms with E-state index in [-0.39, 0.29) is 5.97 Å². The number of halogens is 3. The van der Waals surface area contributed by atoms with E-state index in [2.05, 4.69) is 6.92 Å². The van der Waals surface area contributed by atoms with Crippen LogP contribution in [0.2, 0.25) is 0 Å². The average Bonchev–Trinajstić information content (AvgIpc) is 2.83. The van der Waals surface area contributed by atoms with Crippen molar-refractivity contribution in [3.8, 4) is 16.9 Å². The smallest absolute Gasteiger partial charge is 0.416 e. The second kappa shape index (κ2) is 11.4. The first-order valence-electron chi connectivity index (χ1n) is 11.7. The van der Waals surface area contributed by atoms with E-state index in [1.807, 2.05) is 38.1 Å². The number of ether oxygens (including phenoxy) is 2. The van der Waals surface area contributed by atoms with Gasteiger partial charge in [0.15, 0.2) is 0 Å². The number of hydrogen-bond donors (Lipinski definition) is 0. The lowest BCUT2D eigenvalue weighted by atomic mass is 9.94. The highest BCUT2D eigenvalue weighted by Gasteiger charge is 2.30. The maximum atomic E-state index is 12.9. The summed E-state index contributed by atoms with van der Waals surface area (Å²) in [6.07, 6.45) is -1.53. The van der Waals surface area contributed by atoms with Gasteiger partial charge in [-0.05, 0) is 96.8 Å². The van der Waals surface area contributed by atoms with Gasteiger partial charge in [0.25, 0.3) is 0 Å². The van der Waals surface area contributed by atoms with Gasteiger partial charge in [-0.15, -0.1) is 0 Å². The summed E-state index contributed by atoms with van der Waals surface area (Å²) >= 11 is 0. The third kappa shape index (κ3) is 6.87. The van der Waals surface area contributed by atoms with Crippen LogP contribution in [0.4, 0.5) is 13.2 Å². The molecule has 0 aliphatic rings. The Hall–Kier alpha value is -3.28. The number of hydrogen-bond acceptors (Lipinski definition) is 3. The predicted octanol–water partition coefficient (Wildman–Crippen LogP) is 7.81. The van der Waals surface area contributed by atoms with Crippen LogP contribution in [-0.2, 0) is 17.3 Å². The largest absolute Gasteiger partial charge is 0.493 e. The maximum absolute atomic E-state index is 12.9. The van der Waals surface area contributed by atoms with Crippen molar-refractivity contribution in [2.24, 2.45) is 5.92 Å². The summed E-state index contributed by atoms with van der Waals surface area (Å²) in [5.74, 6) is 0.786. The first-order valence-corrected chi connectivity index (χ1v) is 11.7. The van der Waals surface area contributed by atoms with E-state index in [4.69, 9.17) is 9.47 Å². The summed E-state index contributed by atoms with van der Waals surface area (Å²) in [4.78, 5) is 11.6. The van der Waals surface area contributed by atoms with Gasteiger partial charge in [-0.2, -0.15) is 13.2 Å². The molecule has 3 rings (SSSR count). The van der Waals surface area contributed by atoms with Crippen molar-refractivity contribution >= 4 is 5.97 Å². The Morgan fingerprint density at radius 1 is 0.943 bits per heavy atom. The van der Waals surface area contributed by atoms with E-state index in [1.54, 1.807) is 12.1 Å². The first kappa shape index (κ1) is 26.3. The van der Waals surface area contributed by atoms with E-state index < -0.39 is 11.7 Å². The molecule has 186 valence electrons. The molecule has 1 atom stereocenters. The third-order valence-corrected chi connectivity index (χ3v) is 6.29. The second-order valence-electron chi connectivity index (χ2n) is 8.82. The molecule has 6 heteroatoms. The highest BCUT2D eigenvalue weighted by atomic mass is 19.4. The lowest BCUT2D eigenvalue weighted by molar-refractivity contribution is -0.137. The minimum Gasteiger partial charge on any atom is -0.493 e. The Morgan fingerprint density at radius 2 is 1.54 bits per heavy atom. The molecule has 0 aliphatic heterocycles. The molecule has 0 saturated heterocycles. The number of carbonyl (C=O) groups excluding carboxylic acids is 1. The van der Waals surface area contributed by atoms with Crippen LogP contribution in [0.5, 0.6) is 5.75 Å². The summed E-state index contributed by atoms with van der Waals surface area (Å²) in [6, 6.07) is 16.6. The Kier molecular flexibility index (Phi) is 8.60. The van der Waals surface area contributed by atoms with Crippen LogP contribution < -0.4 is 4.74 Å². The topological polar surface area (TPSA) is 35.5 Å². The number of benzene rings is 3. The van der Waals surface area contributed by atoms with Crippen molar-refractivity contribution in [2.75, 3.05) is 13.7 Å². The van der Waals surface area contributed by atoms with Crippen LogP contribution in [0.15, 0.2) is 60.7 Å². The molecule has 0 heterocycles. The lowest BCUT2D eigenvalue weighted by Crippen LogP contribution is -2.12. The van der Waals surface area contributed by atoms with Gasteiger partial charge in [0.2, 0.25) is 0 Å². The molecule has 3 nitrogen and oxygen atoms in total. The molecule has 35 heavy (non-hydrogen) atoms. The van der Waals surface area contributed by atoms with Crippen LogP contribution >= 0.6 is 0 Å². The maximum Gasteiger partial charge on any atom is 0.416 e. The highest BCUT2D eigenvalue weighted by Crippen LogP contribution is 2.34. The molecule has 0 spiro atoms. The van der Waals surface area contributed by atoms with Crippen molar-refractivity contribution in [3.63, 3.8) is 0 Å². The SMILES string of the molecule is CCC(CCc1ccc(C(=O)OC)cc1)COc1cc(C)c(-c2ccc(C(F)(F)F)cc2)c(C)c1. The average molecular weight is 485 g/mol. The van der Waals surface area contributed by atoms with Gasteiger partial charge in [-0.25, -0.2) is 4.79 Å². The van der Waals surface area contributed by atoms with E-state index in [0.29, 0.717) is 18.1 Å². The first-order chi connectivity index (χ1) is 16.6. The molecule has 3 aromatic carbocycles. The van der Waals surface area contributed by atoms with Gasteiger partial charge in [0, 0.05) is 0 Å². The molecule has 0 radical (unpaired) electrons. The zero-order valence-corrected chi connectivity index (χ0v) is 20.5. The summed E-state index contributed by atoms with van der Waals surface area (Å²) in [7, 11) is 1.37. The Bertz CT molecular complexity index is 1110. The monoisotopic (exact) mass is 484 g/mol. The molecule has 0 N–H and O–H groups in total. The van der Waals surface area contributed by atoms with Crippen LogP contribution in [0, 0.1) is 19.8 Å². The zero-order chi connectivity index (χ0) is 25.6. The van der Waals surface area contributed by atoms with Crippen LogP contribution in [-0.4, -0.2) is 19.7 Å². The Morgan fingerprint density at radius 3 is 2.06 bits per heavy atom. The number of methoxy groups -OCH3 is 1. The number of aryl methyl sites for hydroxylation is 3. The summed E-state index contributed by atoms with van der Waals surface area (Å²) in [5.41, 5.74) is 4.64. The fourth-order valence-electron chi connectivity index (χ4n) is 4.20. The molecule has 0 bridgehead atoms. The Balaban J connectivity index is 1.62. The number of carbonyl (C=O) groups is 1. The van der Waals surface area contributed by atoms with E-state index >= 15 is 0 Å². The van der Waals surface area contributed by atoms with Crippen molar-refractivity contribution in [2.45, 2.75) is 46.2 Å². The van der Waals surface area contributed by atoms with Gasteiger partial charge in [-0.3, -0.25) is 0 Å². The molecule has 3 aromatic rings. The van der Waals surface area contributed by atoms with Crippen molar-refractivity contribution in [1.29, 1.82) is 0 Å². The van der Waals surface area contributed by atoms with Crippen LogP contribution in [0.3, 0.4) is 0 Å². The van der Waals surface area contributed by atoms with Gasteiger partial charge in [0.1, 0.15) is 5.75 Å². The lowest BCUT2D eigenvalue weighted by Gasteiger charge is -2.18. The van der Waals surface area contributed by atoms with E-state index in [1.165, 1.54) is 19.2 Å². The summed E-state index contributed by atoms with van der Waals surface area (Å²) in [6.45, 7) is 6.61. The Labute approximate surface area is 204 Å². The van der Waals surface area contributed by atoms with Crippen LogP contribution in [0.25, 0.3) is 11.1 Å². The molecule has 0 saturated carbocycles. The second-order valence-corrected chi connectivity index (χ2v) is 8.82. The normalized spacial score (nSPS) is 12.3. The predicted molar refractivity (Wildman–Crippen MR) is 132 cm³/mol. The molecule has 0 fully saturated rings. The van der Waals surface area contributed by atoms with Gasteiger partial charge < -0.3 is 9.47 Å². The molecular formula is C29H31F3O3. The molecule has 0 aromatic heterocycles. The standard InChI is InChI=1S/C29H31F3O3/c1-5-21(6-7-22-8-10-24(11-9-22)28(33)34-4)18-35-26-16-19(2)27(20(3)17-26)23-12-14-25(15-13-23)29(30,31)32/h8-17,21H,5-7,18H2,1-4H3. The van der Waals surface area contributed by atoms with Crippen molar-refractivity contribution in [1.82, 2.24) is 0 Å². The number of rotatable bonds is 9. The van der Waals surface area contributed by atoms with Crippen molar-refractivity contribution in [3.05, 3.63) is 88.5 Å². The fraction of sp³-hybridized carbons (Fsp3) is 0.345.